The van der Waals surface area contributed by atoms with Crippen LogP contribution in [0, 0.1) is 0 Å². The summed E-state index contributed by atoms with van der Waals surface area (Å²) in [7, 11) is 0. The van der Waals surface area contributed by atoms with E-state index in [-0.39, 0.29) is 5.41 Å². The molecule has 1 fully saturated rings. The molecule has 0 radical (unpaired) electrons. The molecule has 17 heavy (non-hydrogen) atoms. The zero-order valence-electron chi connectivity index (χ0n) is 9.44. The highest BCUT2D eigenvalue weighted by atomic mass is 35.5. The molecule has 1 aliphatic rings. The predicted molar refractivity (Wildman–Crippen MR) is 71.1 cm³/mol. The van der Waals surface area contributed by atoms with Gasteiger partial charge in [0.25, 0.3) is 0 Å². The van der Waals surface area contributed by atoms with Gasteiger partial charge < -0.3 is 0 Å². The van der Waals surface area contributed by atoms with E-state index in [1.165, 1.54) is 11.1 Å². The summed E-state index contributed by atoms with van der Waals surface area (Å²) in [6, 6.07) is 21.5. The van der Waals surface area contributed by atoms with Crippen LogP contribution in [0.2, 0.25) is 0 Å². The van der Waals surface area contributed by atoms with Gasteiger partial charge in [0.2, 0.25) is 0 Å². The van der Waals surface area contributed by atoms with Gasteiger partial charge in [-0.1, -0.05) is 60.7 Å². The maximum absolute atomic E-state index is 5.83. The van der Waals surface area contributed by atoms with Crippen LogP contribution in [0.1, 0.15) is 17.5 Å². The van der Waals surface area contributed by atoms with Crippen LogP contribution in [-0.2, 0) is 5.41 Å². The summed E-state index contributed by atoms with van der Waals surface area (Å²) in [5, 5.41) is 0. The van der Waals surface area contributed by atoms with E-state index in [0.29, 0.717) is 6.04 Å². The summed E-state index contributed by atoms with van der Waals surface area (Å²) in [6.07, 6.45) is 1.06. The van der Waals surface area contributed by atoms with Crippen molar-refractivity contribution >= 4 is 11.8 Å². The summed E-state index contributed by atoms with van der Waals surface area (Å²) in [4.78, 5) is 2.90. The zero-order valence-corrected chi connectivity index (χ0v) is 10.2. The molecule has 0 saturated heterocycles. The van der Waals surface area contributed by atoms with Crippen molar-refractivity contribution in [3.05, 3.63) is 71.8 Å². The van der Waals surface area contributed by atoms with Gasteiger partial charge in [0.15, 0.2) is 0 Å². The predicted octanol–water partition coefficient (Wildman–Crippen LogP) is 3.49. The smallest absolute Gasteiger partial charge is 0.0384 e. The van der Waals surface area contributed by atoms with Gasteiger partial charge >= 0.3 is 0 Å². The Morgan fingerprint density at radius 1 is 0.882 bits per heavy atom. The van der Waals surface area contributed by atoms with Gasteiger partial charge in [0, 0.05) is 11.5 Å². The lowest BCUT2D eigenvalue weighted by Crippen LogP contribution is -2.20. The highest BCUT2D eigenvalue weighted by Gasteiger charge is 2.56. The third-order valence-electron chi connectivity index (χ3n) is 3.67. The van der Waals surface area contributed by atoms with Crippen molar-refractivity contribution in [1.82, 2.24) is 4.84 Å². The number of hydrogen-bond donors (Lipinski definition) is 1. The Bertz CT molecular complexity index is 455. The Hall–Kier alpha value is -1.31. The van der Waals surface area contributed by atoms with Crippen molar-refractivity contribution in [3.8, 4) is 0 Å². The first-order chi connectivity index (χ1) is 8.38. The van der Waals surface area contributed by atoms with Gasteiger partial charge in [0.1, 0.15) is 0 Å². The van der Waals surface area contributed by atoms with E-state index < -0.39 is 0 Å². The molecule has 0 aliphatic heterocycles. The van der Waals surface area contributed by atoms with E-state index in [0.717, 1.165) is 6.42 Å². The normalized spacial score (nSPS) is 21.1. The molecule has 0 aromatic heterocycles. The first kappa shape index (κ1) is 10.8. The van der Waals surface area contributed by atoms with Crippen LogP contribution in [-0.4, -0.2) is 6.04 Å². The lowest BCUT2D eigenvalue weighted by molar-refractivity contribution is 0.761. The molecule has 1 unspecified atom stereocenters. The molecule has 0 spiro atoms. The number of nitrogens with one attached hydrogen (secondary N) is 1. The van der Waals surface area contributed by atoms with Gasteiger partial charge in [-0.05, 0) is 29.3 Å². The second-order valence-electron chi connectivity index (χ2n) is 4.57. The van der Waals surface area contributed by atoms with E-state index in [9.17, 15) is 0 Å². The number of halogens is 1. The first-order valence-corrected chi connectivity index (χ1v) is 6.23. The van der Waals surface area contributed by atoms with Crippen LogP contribution in [0.4, 0.5) is 0 Å². The molecule has 0 bridgehead atoms. The van der Waals surface area contributed by atoms with E-state index in [4.69, 9.17) is 11.8 Å². The average Bonchev–Trinajstić information content (AvgIpc) is 3.17. The van der Waals surface area contributed by atoms with Crippen molar-refractivity contribution in [2.75, 3.05) is 0 Å². The van der Waals surface area contributed by atoms with Crippen LogP contribution in [0.25, 0.3) is 0 Å². The fourth-order valence-corrected chi connectivity index (χ4v) is 2.93. The third kappa shape index (κ3) is 1.67. The van der Waals surface area contributed by atoms with Gasteiger partial charge in [-0.3, -0.25) is 0 Å². The van der Waals surface area contributed by atoms with E-state index >= 15 is 0 Å². The van der Waals surface area contributed by atoms with Crippen molar-refractivity contribution in [2.45, 2.75) is 17.9 Å². The summed E-state index contributed by atoms with van der Waals surface area (Å²) >= 11 is 5.83. The molecule has 1 nitrogen and oxygen atoms in total. The zero-order chi connectivity index (χ0) is 11.7. The molecule has 1 aliphatic carbocycles. The van der Waals surface area contributed by atoms with E-state index in [1.54, 1.807) is 0 Å². The minimum atomic E-state index is 0.0598. The molecule has 1 N–H and O–H groups in total. The van der Waals surface area contributed by atoms with Crippen molar-refractivity contribution < 1.29 is 0 Å². The Balaban J connectivity index is 2.08. The summed E-state index contributed by atoms with van der Waals surface area (Å²) < 4.78 is 0. The molecular formula is C15H14ClN. The van der Waals surface area contributed by atoms with Gasteiger partial charge in [-0.15, -0.1) is 0 Å². The van der Waals surface area contributed by atoms with Crippen molar-refractivity contribution in [1.29, 1.82) is 0 Å². The number of hydrogen-bond acceptors (Lipinski definition) is 1. The summed E-state index contributed by atoms with van der Waals surface area (Å²) in [6.45, 7) is 0. The Labute approximate surface area is 107 Å². The standard InChI is InChI=1S/C15H14ClN/c16-17-14-11-15(14,12-7-3-1-4-8-12)13-9-5-2-6-10-13/h1-10,14,17H,11H2. The highest BCUT2D eigenvalue weighted by Crippen LogP contribution is 2.53. The maximum Gasteiger partial charge on any atom is 0.0384 e. The second-order valence-corrected chi connectivity index (χ2v) is 4.79. The van der Waals surface area contributed by atoms with Crippen molar-refractivity contribution in [3.63, 3.8) is 0 Å². The highest BCUT2D eigenvalue weighted by molar-refractivity contribution is 6.14. The minimum Gasteiger partial charge on any atom is -0.229 e. The molecular weight excluding hydrogens is 230 g/mol. The van der Waals surface area contributed by atoms with Gasteiger partial charge in [-0.2, -0.15) is 0 Å². The SMILES string of the molecule is ClNC1CC1(c1ccccc1)c1ccccc1. The third-order valence-corrected chi connectivity index (χ3v) is 3.93. The number of benzene rings is 2. The lowest BCUT2D eigenvalue weighted by Gasteiger charge is -2.18. The average molecular weight is 244 g/mol. The topological polar surface area (TPSA) is 12.0 Å². The molecule has 2 aromatic rings. The molecule has 1 atom stereocenters. The minimum absolute atomic E-state index is 0.0598. The van der Waals surface area contributed by atoms with Crippen LogP contribution >= 0.6 is 11.8 Å². The largest absolute Gasteiger partial charge is 0.229 e. The Morgan fingerprint density at radius 2 is 1.35 bits per heavy atom. The van der Waals surface area contributed by atoms with Crippen LogP contribution in [0.5, 0.6) is 0 Å². The molecule has 2 heteroatoms. The quantitative estimate of drug-likeness (QED) is 0.814. The molecule has 86 valence electrons. The van der Waals surface area contributed by atoms with Gasteiger partial charge in [-0.25, -0.2) is 4.84 Å². The molecule has 2 aromatic carbocycles. The molecule has 3 rings (SSSR count). The monoisotopic (exact) mass is 243 g/mol. The van der Waals surface area contributed by atoms with E-state index in [1.807, 2.05) is 12.1 Å². The second kappa shape index (κ2) is 4.17. The Morgan fingerprint density at radius 3 is 1.71 bits per heavy atom. The Kier molecular flexibility index (Phi) is 2.65. The van der Waals surface area contributed by atoms with Crippen LogP contribution < -0.4 is 4.84 Å². The summed E-state index contributed by atoms with van der Waals surface area (Å²) in [5.74, 6) is 0. The fourth-order valence-electron chi connectivity index (χ4n) is 2.67. The van der Waals surface area contributed by atoms with Crippen molar-refractivity contribution in [2.24, 2.45) is 0 Å². The fraction of sp³-hybridized carbons (Fsp3) is 0.200. The van der Waals surface area contributed by atoms with E-state index in [2.05, 4.69) is 53.4 Å². The molecule has 1 saturated carbocycles. The van der Waals surface area contributed by atoms with Crippen LogP contribution in [0.3, 0.4) is 0 Å². The lowest BCUT2D eigenvalue weighted by atomic mass is 9.87. The van der Waals surface area contributed by atoms with Crippen LogP contribution in [0.15, 0.2) is 60.7 Å². The summed E-state index contributed by atoms with van der Waals surface area (Å²) in [5.41, 5.74) is 2.73. The van der Waals surface area contributed by atoms with Gasteiger partial charge in [0.05, 0.1) is 0 Å². The maximum atomic E-state index is 5.83. The first-order valence-electron chi connectivity index (χ1n) is 5.85. The molecule has 0 heterocycles. The number of rotatable bonds is 3. The molecule has 0 amide bonds.